The highest BCUT2D eigenvalue weighted by atomic mass is 32.1. The van der Waals surface area contributed by atoms with Crippen LogP contribution in [0, 0.1) is 0 Å². The SMILES string of the molecule is NC(=O)c1ccccc1NC(=S)NC1CCCC1. The number of primary amides is 1. The number of hydrogen-bond donors (Lipinski definition) is 3. The Kier molecular flexibility index (Phi) is 4.15. The number of nitrogens with two attached hydrogens (primary N) is 1. The van der Waals surface area contributed by atoms with E-state index in [0.29, 0.717) is 22.4 Å². The van der Waals surface area contributed by atoms with Gasteiger partial charge in [0, 0.05) is 6.04 Å². The van der Waals surface area contributed by atoms with Gasteiger partial charge in [-0.05, 0) is 37.2 Å². The Labute approximate surface area is 112 Å². The first-order chi connectivity index (χ1) is 8.66. The van der Waals surface area contributed by atoms with E-state index in [1.54, 1.807) is 18.2 Å². The van der Waals surface area contributed by atoms with E-state index in [2.05, 4.69) is 10.6 Å². The smallest absolute Gasteiger partial charge is 0.250 e. The average molecular weight is 263 g/mol. The Morgan fingerprint density at radius 3 is 2.61 bits per heavy atom. The van der Waals surface area contributed by atoms with Crippen molar-refractivity contribution in [3.8, 4) is 0 Å². The van der Waals surface area contributed by atoms with Gasteiger partial charge in [0.05, 0.1) is 11.3 Å². The van der Waals surface area contributed by atoms with E-state index in [1.807, 2.05) is 6.07 Å². The largest absolute Gasteiger partial charge is 0.366 e. The van der Waals surface area contributed by atoms with E-state index in [4.69, 9.17) is 18.0 Å². The van der Waals surface area contributed by atoms with Crippen molar-refractivity contribution in [2.75, 3.05) is 5.32 Å². The van der Waals surface area contributed by atoms with Gasteiger partial charge >= 0.3 is 0 Å². The first kappa shape index (κ1) is 12.8. The fourth-order valence-corrected chi connectivity index (χ4v) is 2.50. The second kappa shape index (κ2) is 5.82. The summed E-state index contributed by atoms with van der Waals surface area (Å²) in [5.41, 5.74) is 6.42. The first-order valence-corrected chi connectivity index (χ1v) is 6.54. The highest BCUT2D eigenvalue weighted by molar-refractivity contribution is 7.80. The van der Waals surface area contributed by atoms with Crippen molar-refractivity contribution in [1.82, 2.24) is 5.32 Å². The monoisotopic (exact) mass is 263 g/mol. The molecule has 1 saturated carbocycles. The van der Waals surface area contributed by atoms with E-state index in [9.17, 15) is 4.79 Å². The molecular formula is C13H17N3OS. The van der Waals surface area contributed by atoms with Crippen molar-refractivity contribution in [2.24, 2.45) is 5.73 Å². The molecule has 1 aliphatic rings. The molecule has 96 valence electrons. The lowest BCUT2D eigenvalue weighted by Crippen LogP contribution is -2.36. The highest BCUT2D eigenvalue weighted by Gasteiger charge is 2.16. The highest BCUT2D eigenvalue weighted by Crippen LogP contribution is 2.18. The minimum Gasteiger partial charge on any atom is -0.366 e. The normalized spacial score (nSPS) is 15.3. The van der Waals surface area contributed by atoms with Crippen LogP contribution in [0.5, 0.6) is 0 Å². The van der Waals surface area contributed by atoms with Crippen LogP contribution in [-0.2, 0) is 0 Å². The maximum absolute atomic E-state index is 11.3. The Morgan fingerprint density at radius 1 is 1.28 bits per heavy atom. The van der Waals surface area contributed by atoms with Crippen molar-refractivity contribution >= 4 is 28.9 Å². The lowest BCUT2D eigenvalue weighted by Gasteiger charge is -2.16. The molecule has 18 heavy (non-hydrogen) atoms. The number of rotatable bonds is 3. The van der Waals surface area contributed by atoms with E-state index >= 15 is 0 Å². The van der Waals surface area contributed by atoms with Crippen molar-refractivity contribution in [1.29, 1.82) is 0 Å². The second-order valence-electron chi connectivity index (χ2n) is 4.49. The van der Waals surface area contributed by atoms with Crippen LogP contribution < -0.4 is 16.4 Å². The number of amides is 1. The van der Waals surface area contributed by atoms with Crippen molar-refractivity contribution < 1.29 is 4.79 Å². The van der Waals surface area contributed by atoms with Gasteiger partial charge < -0.3 is 16.4 Å². The summed E-state index contributed by atoms with van der Waals surface area (Å²) < 4.78 is 0. The van der Waals surface area contributed by atoms with Gasteiger partial charge in [-0.1, -0.05) is 25.0 Å². The van der Waals surface area contributed by atoms with Crippen LogP contribution in [0.1, 0.15) is 36.0 Å². The summed E-state index contributed by atoms with van der Waals surface area (Å²) in [6.07, 6.45) is 4.80. The molecule has 0 heterocycles. The molecule has 1 fully saturated rings. The van der Waals surface area contributed by atoms with E-state index in [-0.39, 0.29) is 0 Å². The molecule has 0 aromatic heterocycles. The number of carbonyl (C=O) groups is 1. The summed E-state index contributed by atoms with van der Waals surface area (Å²) >= 11 is 5.24. The second-order valence-corrected chi connectivity index (χ2v) is 4.90. The maximum atomic E-state index is 11.3. The fourth-order valence-electron chi connectivity index (χ4n) is 2.22. The zero-order valence-corrected chi connectivity index (χ0v) is 10.9. The van der Waals surface area contributed by atoms with Crippen molar-refractivity contribution in [3.05, 3.63) is 29.8 Å². The molecular weight excluding hydrogens is 246 g/mol. The van der Waals surface area contributed by atoms with Gasteiger partial charge in [-0.15, -0.1) is 0 Å². The van der Waals surface area contributed by atoms with Gasteiger partial charge in [0.2, 0.25) is 0 Å². The Morgan fingerprint density at radius 2 is 1.94 bits per heavy atom. The summed E-state index contributed by atoms with van der Waals surface area (Å²) in [4.78, 5) is 11.3. The molecule has 1 amide bonds. The summed E-state index contributed by atoms with van der Waals surface area (Å²) in [5, 5.41) is 6.85. The van der Waals surface area contributed by atoms with Gasteiger partial charge in [0.1, 0.15) is 0 Å². The average Bonchev–Trinajstić information content (AvgIpc) is 2.82. The molecule has 0 spiro atoms. The molecule has 0 atom stereocenters. The zero-order valence-electron chi connectivity index (χ0n) is 10.1. The third kappa shape index (κ3) is 3.20. The van der Waals surface area contributed by atoms with Crippen LogP contribution in [0.25, 0.3) is 0 Å². The molecule has 2 rings (SSSR count). The third-order valence-corrected chi connectivity index (χ3v) is 3.35. The number of anilines is 1. The molecule has 4 nitrogen and oxygen atoms in total. The van der Waals surface area contributed by atoms with Crippen LogP contribution >= 0.6 is 12.2 Å². The van der Waals surface area contributed by atoms with Gasteiger partial charge in [0.15, 0.2) is 5.11 Å². The molecule has 5 heteroatoms. The Bertz CT molecular complexity index is 455. The van der Waals surface area contributed by atoms with E-state index < -0.39 is 5.91 Å². The number of benzene rings is 1. The molecule has 0 unspecified atom stereocenters. The lowest BCUT2D eigenvalue weighted by atomic mass is 10.1. The summed E-state index contributed by atoms with van der Waals surface area (Å²) in [5.74, 6) is -0.457. The quantitative estimate of drug-likeness (QED) is 0.730. The number of hydrogen-bond acceptors (Lipinski definition) is 2. The van der Waals surface area contributed by atoms with Gasteiger partial charge in [-0.2, -0.15) is 0 Å². The van der Waals surface area contributed by atoms with Gasteiger partial charge in [-0.3, -0.25) is 4.79 Å². The molecule has 0 aliphatic heterocycles. The molecule has 0 radical (unpaired) electrons. The number of nitrogens with one attached hydrogen (secondary N) is 2. The van der Waals surface area contributed by atoms with Gasteiger partial charge in [0.25, 0.3) is 5.91 Å². The summed E-state index contributed by atoms with van der Waals surface area (Å²) in [7, 11) is 0. The molecule has 0 saturated heterocycles. The van der Waals surface area contributed by atoms with E-state index in [0.717, 1.165) is 12.8 Å². The van der Waals surface area contributed by atoms with Crippen molar-refractivity contribution in [2.45, 2.75) is 31.7 Å². The predicted molar refractivity (Wildman–Crippen MR) is 76.6 cm³/mol. The minimum atomic E-state index is -0.457. The molecule has 0 bridgehead atoms. The van der Waals surface area contributed by atoms with Crippen LogP contribution in [-0.4, -0.2) is 17.1 Å². The van der Waals surface area contributed by atoms with Crippen LogP contribution in [0.3, 0.4) is 0 Å². The fraction of sp³-hybridized carbons (Fsp3) is 0.385. The standard InChI is InChI=1S/C13H17N3OS/c14-12(17)10-7-3-4-8-11(10)16-13(18)15-9-5-1-2-6-9/h3-4,7-9H,1-2,5-6H2,(H2,14,17)(H2,15,16,18). The van der Waals surface area contributed by atoms with Gasteiger partial charge in [-0.25, -0.2) is 0 Å². The van der Waals surface area contributed by atoms with Crippen LogP contribution in [0.15, 0.2) is 24.3 Å². The summed E-state index contributed by atoms with van der Waals surface area (Å²) in [6, 6.07) is 7.54. The van der Waals surface area contributed by atoms with E-state index in [1.165, 1.54) is 12.8 Å². The van der Waals surface area contributed by atoms with Crippen LogP contribution in [0.2, 0.25) is 0 Å². The molecule has 1 aliphatic carbocycles. The molecule has 4 N–H and O–H groups in total. The Hall–Kier alpha value is -1.62. The number of para-hydroxylation sites is 1. The number of thiocarbonyl (C=S) groups is 1. The first-order valence-electron chi connectivity index (χ1n) is 6.13. The van der Waals surface area contributed by atoms with Crippen molar-refractivity contribution in [3.63, 3.8) is 0 Å². The maximum Gasteiger partial charge on any atom is 0.250 e. The molecule has 1 aromatic carbocycles. The van der Waals surface area contributed by atoms with Crippen LogP contribution in [0.4, 0.5) is 5.69 Å². The lowest BCUT2D eigenvalue weighted by molar-refractivity contribution is 0.100. The minimum absolute atomic E-state index is 0.450. The number of carbonyl (C=O) groups excluding carboxylic acids is 1. The predicted octanol–water partition coefficient (Wildman–Crippen LogP) is 2.01. The topological polar surface area (TPSA) is 67.2 Å². The molecule has 1 aromatic rings. The Balaban J connectivity index is 2.00. The third-order valence-electron chi connectivity index (χ3n) is 3.13. The summed E-state index contributed by atoms with van der Waals surface area (Å²) in [6.45, 7) is 0. The zero-order chi connectivity index (χ0) is 13.0.